The van der Waals surface area contributed by atoms with Crippen molar-refractivity contribution in [2.75, 3.05) is 0 Å². The molecule has 0 amide bonds. The van der Waals surface area contributed by atoms with Crippen molar-refractivity contribution in [3.05, 3.63) is 53.3 Å². The molecule has 1 N–H and O–H groups in total. The number of hydrogen-bond acceptors (Lipinski definition) is 1. The van der Waals surface area contributed by atoms with Gasteiger partial charge in [-0.05, 0) is 24.3 Å². The number of aromatic nitrogens is 2. The van der Waals surface area contributed by atoms with Gasteiger partial charge in [0.15, 0.2) is 0 Å². The van der Waals surface area contributed by atoms with Gasteiger partial charge >= 0.3 is 0 Å². The molecule has 4 heteroatoms. The van der Waals surface area contributed by atoms with E-state index < -0.39 is 0 Å². The molecule has 1 aromatic heterocycles. The molecule has 1 heterocycles. The average molecular weight is 201 g/mol. The number of H-pyrrole nitrogens is 1. The SMILES string of the molecule is [C-]#[N+]Cc1cn[nH]c1-c1ccc(F)cc1. The predicted molar refractivity (Wildman–Crippen MR) is 54.3 cm³/mol. The Bertz CT molecular complexity index is 493. The van der Waals surface area contributed by atoms with E-state index in [1.54, 1.807) is 18.3 Å². The molecule has 74 valence electrons. The fourth-order valence-corrected chi connectivity index (χ4v) is 1.38. The van der Waals surface area contributed by atoms with Crippen molar-refractivity contribution in [3.8, 4) is 11.3 Å². The van der Waals surface area contributed by atoms with E-state index in [0.717, 1.165) is 16.8 Å². The fraction of sp³-hybridized carbons (Fsp3) is 0.0909. The smallest absolute Gasteiger partial charge is 0.243 e. The van der Waals surface area contributed by atoms with Gasteiger partial charge in [-0.2, -0.15) is 5.10 Å². The highest BCUT2D eigenvalue weighted by Gasteiger charge is 2.09. The normalized spacial score (nSPS) is 9.87. The average Bonchev–Trinajstić information content (AvgIpc) is 2.68. The molecule has 0 radical (unpaired) electrons. The Hall–Kier alpha value is -2.15. The molecular formula is C11H8FN3. The Morgan fingerprint density at radius 3 is 2.73 bits per heavy atom. The molecule has 0 spiro atoms. The van der Waals surface area contributed by atoms with E-state index in [9.17, 15) is 4.39 Å². The lowest BCUT2D eigenvalue weighted by atomic mass is 10.1. The Morgan fingerprint density at radius 1 is 1.33 bits per heavy atom. The number of rotatable bonds is 2. The summed E-state index contributed by atoms with van der Waals surface area (Å²) in [5.74, 6) is -0.273. The van der Waals surface area contributed by atoms with Crippen LogP contribution in [0, 0.1) is 12.4 Å². The van der Waals surface area contributed by atoms with Crippen molar-refractivity contribution in [2.45, 2.75) is 6.54 Å². The lowest BCUT2D eigenvalue weighted by Crippen LogP contribution is -1.84. The van der Waals surface area contributed by atoms with Crippen LogP contribution >= 0.6 is 0 Å². The zero-order valence-corrected chi connectivity index (χ0v) is 7.87. The summed E-state index contributed by atoms with van der Waals surface area (Å²) < 4.78 is 12.7. The Balaban J connectivity index is 2.41. The number of hydrogen-bond donors (Lipinski definition) is 1. The van der Waals surface area contributed by atoms with Crippen LogP contribution in [-0.4, -0.2) is 10.2 Å². The first-order chi connectivity index (χ1) is 7.31. The maximum absolute atomic E-state index is 12.7. The van der Waals surface area contributed by atoms with E-state index in [-0.39, 0.29) is 12.4 Å². The van der Waals surface area contributed by atoms with E-state index in [4.69, 9.17) is 6.57 Å². The van der Waals surface area contributed by atoms with Crippen LogP contribution in [-0.2, 0) is 6.54 Å². The molecule has 2 aromatic rings. The molecule has 0 aliphatic heterocycles. The Morgan fingerprint density at radius 2 is 2.07 bits per heavy atom. The van der Waals surface area contributed by atoms with Crippen LogP contribution in [0.5, 0.6) is 0 Å². The Kier molecular flexibility index (Phi) is 2.46. The van der Waals surface area contributed by atoms with Crippen molar-refractivity contribution in [2.24, 2.45) is 0 Å². The van der Waals surface area contributed by atoms with Gasteiger partial charge < -0.3 is 4.85 Å². The van der Waals surface area contributed by atoms with E-state index in [1.165, 1.54) is 12.1 Å². The van der Waals surface area contributed by atoms with Crippen LogP contribution < -0.4 is 0 Å². The molecule has 1 aromatic carbocycles. The number of halogens is 1. The van der Waals surface area contributed by atoms with Crippen LogP contribution in [0.3, 0.4) is 0 Å². The molecule has 0 unspecified atom stereocenters. The first-order valence-corrected chi connectivity index (χ1v) is 4.42. The van der Waals surface area contributed by atoms with Gasteiger partial charge in [-0.15, -0.1) is 0 Å². The van der Waals surface area contributed by atoms with Crippen LogP contribution in [0.1, 0.15) is 5.56 Å². The molecule has 0 aliphatic carbocycles. The lowest BCUT2D eigenvalue weighted by molar-refractivity contribution is 0.628. The van der Waals surface area contributed by atoms with Gasteiger partial charge in [0.05, 0.1) is 17.5 Å². The summed E-state index contributed by atoms with van der Waals surface area (Å²) >= 11 is 0. The second-order valence-electron chi connectivity index (χ2n) is 3.09. The predicted octanol–water partition coefficient (Wildman–Crippen LogP) is 2.64. The van der Waals surface area contributed by atoms with Gasteiger partial charge in [-0.1, -0.05) is 0 Å². The van der Waals surface area contributed by atoms with Crippen molar-refractivity contribution in [3.63, 3.8) is 0 Å². The zero-order chi connectivity index (χ0) is 10.7. The number of benzene rings is 1. The number of nitrogens with one attached hydrogen (secondary N) is 1. The summed E-state index contributed by atoms with van der Waals surface area (Å²) in [5, 5.41) is 6.69. The standard InChI is InChI=1S/C11H8FN3/c1-13-6-9-7-14-15-11(9)8-2-4-10(12)5-3-8/h2-5,7H,6H2,(H,14,15). The number of aromatic amines is 1. The molecular weight excluding hydrogens is 193 g/mol. The summed E-state index contributed by atoms with van der Waals surface area (Å²) in [6.45, 7) is 7.08. The molecule has 15 heavy (non-hydrogen) atoms. The van der Waals surface area contributed by atoms with E-state index in [0.29, 0.717) is 0 Å². The van der Waals surface area contributed by atoms with Gasteiger partial charge in [-0.25, -0.2) is 11.0 Å². The van der Waals surface area contributed by atoms with Crippen LogP contribution in [0.25, 0.3) is 16.1 Å². The molecule has 0 saturated heterocycles. The maximum atomic E-state index is 12.7. The molecule has 2 rings (SSSR count). The molecule has 0 bridgehead atoms. The van der Waals surface area contributed by atoms with Gasteiger partial charge in [-0.3, -0.25) is 5.10 Å². The summed E-state index contributed by atoms with van der Waals surface area (Å²) in [6, 6.07) is 6.10. The third kappa shape index (κ3) is 1.86. The lowest BCUT2D eigenvalue weighted by Gasteiger charge is -1.98. The van der Waals surface area contributed by atoms with Gasteiger partial charge in [0.2, 0.25) is 6.54 Å². The second kappa shape index (κ2) is 3.93. The third-order valence-corrected chi connectivity index (χ3v) is 2.10. The van der Waals surface area contributed by atoms with E-state index in [2.05, 4.69) is 15.0 Å². The van der Waals surface area contributed by atoms with Gasteiger partial charge in [0.25, 0.3) is 0 Å². The largest absolute Gasteiger partial charge is 0.312 e. The zero-order valence-electron chi connectivity index (χ0n) is 7.87. The minimum Gasteiger partial charge on any atom is -0.312 e. The Labute approximate surface area is 86.4 Å². The summed E-state index contributed by atoms with van der Waals surface area (Å²) in [6.07, 6.45) is 1.62. The summed E-state index contributed by atoms with van der Waals surface area (Å²) in [4.78, 5) is 3.30. The first-order valence-electron chi connectivity index (χ1n) is 4.42. The van der Waals surface area contributed by atoms with Crippen molar-refractivity contribution in [1.29, 1.82) is 0 Å². The maximum Gasteiger partial charge on any atom is 0.243 e. The molecule has 0 saturated carbocycles. The van der Waals surface area contributed by atoms with Gasteiger partial charge in [0, 0.05) is 5.56 Å². The van der Waals surface area contributed by atoms with Gasteiger partial charge in [0.1, 0.15) is 5.82 Å². The highest BCUT2D eigenvalue weighted by molar-refractivity contribution is 5.62. The summed E-state index contributed by atoms with van der Waals surface area (Å²) in [5.41, 5.74) is 2.45. The second-order valence-corrected chi connectivity index (χ2v) is 3.09. The molecule has 0 atom stereocenters. The van der Waals surface area contributed by atoms with Crippen molar-refractivity contribution in [1.82, 2.24) is 10.2 Å². The molecule has 0 fully saturated rings. The fourth-order valence-electron chi connectivity index (χ4n) is 1.38. The van der Waals surface area contributed by atoms with Crippen LogP contribution in [0.4, 0.5) is 4.39 Å². The van der Waals surface area contributed by atoms with Crippen molar-refractivity contribution >= 4 is 0 Å². The first kappa shape index (κ1) is 9.41. The van der Waals surface area contributed by atoms with Crippen molar-refractivity contribution < 1.29 is 4.39 Å². The topological polar surface area (TPSA) is 33.0 Å². The third-order valence-electron chi connectivity index (χ3n) is 2.10. The highest BCUT2D eigenvalue weighted by atomic mass is 19.1. The highest BCUT2D eigenvalue weighted by Crippen LogP contribution is 2.21. The molecule has 0 aliphatic rings. The minimum atomic E-state index is -0.273. The van der Waals surface area contributed by atoms with Crippen LogP contribution in [0.15, 0.2) is 30.5 Å². The molecule has 3 nitrogen and oxygen atoms in total. The van der Waals surface area contributed by atoms with Crippen LogP contribution in [0.2, 0.25) is 0 Å². The minimum absolute atomic E-state index is 0.273. The number of nitrogens with zero attached hydrogens (tertiary/aromatic N) is 2. The monoisotopic (exact) mass is 201 g/mol. The summed E-state index contributed by atoms with van der Waals surface area (Å²) in [7, 11) is 0. The van der Waals surface area contributed by atoms with E-state index in [1.807, 2.05) is 0 Å². The van der Waals surface area contributed by atoms with E-state index >= 15 is 0 Å². The quantitative estimate of drug-likeness (QED) is 0.744.